The normalized spacial score (nSPS) is 10.5. The van der Waals surface area contributed by atoms with E-state index >= 15 is 0 Å². The number of carbonyl (C=O) groups excluding carboxylic acids is 2. The fourth-order valence-electron chi connectivity index (χ4n) is 2.12. The van der Waals surface area contributed by atoms with Crippen LogP contribution in [0.1, 0.15) is 29.9 Å². The van der Waals surface area contributed by atoms with E-state index in [0.29, 0.717) is 6.54 Å². The molecule has 7 nitrogen and oxygen atoms in total. The molecule has 0 fully saturated rings. The highest BCUT2D eigenvalue weighted by atomic mass is 16.5. The van der Waals surface area contributed by atoms with E-state index in [1.54, 1.807) is 4.90 Å². The number of ether oxygens (including phenoxy) is 1. The van der Waals surface area contributed by atoms with Crippen LogP contribution in [0.4, 0.5) is 5.82 Å². The van der Waals surface area contributed by atoms with Crippen LogP contribution in [0.15, 0.2) is 42.7 Å². The molecule has 7 heteroatoms. The predicted octanol–water partition coefficient (Wildman–Crippen LogP) is 1.65. The fraction of sp³-hybridized carbons (Fsp3) is 0.294. The first-order valence-corrected chi connectivity index (χ1v) is 7.56. The summed E-state index contributed by atoms with van der Waals surface area (Å²) in [6.07, 6.45) is 2.71. The van der Waals surface area contributed by atoms with Gasteiger partial charge in [-0.05, 0) is 19.4 Å². The molecule has 0 bridgehead atoms. The third-order valence-corrected chi connectivity index (χ3v) is 3.39. The van der Waals surface area contributed by atoms with Crippen LogP contribution in [0.3, 0.4) is 0 Å². The van der Waals surface area contributed by atoms with E-state index in [0.717, 1.165) is 5.56 Å². The van der Waals surface area contributed by atoms with Gasteiger partial charge >= 0.3 is 5.97 Å². The third-order valence-electron chi connectivity index (χ3n) is 3.39. The van der Waals surface area contributed by atoms with Gasteiger partial charge < -0.3 is 15.4 Å². The Hall–Kier alpha value is -2.96. The molecule has 1 aromatic carbocycles. The van der Waals surface area contributed by atoms with Crippen molar-refractivity contribution >= 4 is 17.7 Å². The molecule has 2 rings (SSSR count). The Morgan fingerprint density at radius 1 is 1.17 bits per heavy atom. The number of aromatic nitrogens is 2. The van der Waals surface area contributed by atoms with Crippen LogP contribution in [0, 0.1) is 0 Å². The molecule has 2 aromatic rings. The zero-order valence-electron chi connectivity index (χ0n) is 13.7. The Labute approximate surface area is 140 Å². The lowest BCUT2D eigenvalue weighted by Crippen LogP contribution is -2.39. The summed E-state index contributed by atoms with van der Waals surface area (Å²) in [5.74, 6) is -1.08. The van der Waals surface area contributed by atoms with Crippen LogP contribution in [-0.2, 0) is 16.1 Å². The quantitative estimate of drug-likeness (QED) is 0.810. The van der Waals surface area contributed by atoms with Crippen molar-refractivity contribution in [3.05, 3.63) is 54.0 Å². The van der Waals surface area contributed by atoms with Gasteiger partial charge in [-0.25, -0.2) is 14.8 Å². The summed E-state index contributed by atoms with van der Waals surface area (Å²) in [6, 6.07) is 9.59. The average molecular weight is 328 g/mol. The maximum atomic E-state index is 12.4. The van der Waals surface area contributed by atoms with E-state index in [1.165, 1.54) is 12.4 Å². The largest absolute Gasteiger partial charge is 0.451 e. The summed E-state index contributed by atoms with van der Waals surface area (Å²) in [4.78, 5) is 33.6. The zero-order valence-corrected chi connectivity index (χ0v) is 13.7. The Morgan fingerprint density at radius 2 is 1.83 bits per heavy atom. The van der Waals surface area contributed by atoms with Gasteiger partial charge in [0.05, 0.1) is 0 Å². The van der Waals surface area contributed by atoms with E-state index < -0.39 is 5.97 Å². The number of hydrogen-bond acceptors (Lipinski definition) is 6. The van der Waals surface area contributed by atoms with Crippen molar-refractivity contribution in [2.24, 2.45) is 0 Å². The summed E-state index contributed by atoms with van der Waals surface area (Å²) >= 11 is 0. The van der Waals surface area contributed by atoms with Crippen LogP contribution < -0.4 is 5.73 Å². The number of carbonyl (C=O) groups is 2. The maximum Gasteiger partial charge on any atom is 0.361 e. The first-order valence-electron chi connectivity index (χ1n) is 7.56. The number of nitrogens with two attached hydrogens (primary N) is 1. The van der Waals surface area contributed by atoms with Crippen molar-refractivity contribution < 1.29 is 14.3 Å². The molecule has 0 radical (unpaired) electrons. The van der Waals surface area contributed by atoms with Crippen LogP contribution in [0.25, 0.3) is 0 Å². The molecule has 0 unspecified atom stereocenters. The third kappa shape index (κ3) is 4.52. The smallest absolute Gasteiger partial charge is 0.361 e. The van der Waals surface area contributed by atoms with E-state index in [4.69, 9.17) is 10.5 Å². The Bertz CT molecular complexity index is 704. The van der Waals surface area contributed by atoms with Crippen molar-refractivity contribution in [2.45, 2.75) is 26.4 Å². The average Bonchev–Trinajstić information content (AvgIpc) is 2.58. The molecule has 0 spiro atoms. The summed E-state index contributed by atoms with van der Waals surface area (Å²) in [6.45, 7) is 3.88. The zero-order chi connectivity index (χ0) is 17.5. The molecular formula is C17H20N4O3. The second kappa shape index (κ2) is 8.05. The number of rotatable bonds is 6. The Kier molecular flexibility index (Phi) is 5.83. The minimum atomic E-state index is -0.766. The van der Waals surface area contributed by atoms with Gasteiger partial charge in [-0.15, -0.1) is 0 Å². The number of benzene rings is 1. The molecule has 24 heavy (non-hydrogen) atoms. The van der Waals surface area contributed by atoms with Crippen molar-refractivity contribution in [2.75, 3.05) is 12.3 Å². The van der Waals surface area contributed by atoms with Gasteiger partial charge in [0.2, 0.25) is 0 Å². The highest BCUT2D eigenvalue weighted by Gasteiger charge is 2.21. The topological polar surface area (TPSA) is 98.4 Å². The van der Waals surface area contributed by atoms with Gasteiger partial charge in [0.25, 0.3) is 5.91 Å². The minimum absolute atomic E-state index is 0.0278. The second-order valence-corrected chi connectivity index (χ2v) is 5.47. The van der Waals surface area contributed by atoms with E-state index in [-0.39, 0.29) is 30.1 Å². The summed E-state index contributed by atoms with van der Waals surface area (Å²) in [5, 5.41) is 0. The summed E-state index contributed by atoms with van der Waals surface area (Å²) < 4.78 is 5.03. The van der Waals surface area contributed by atoms with Crippen LogP contribution in [-0.4, -0.2) is 39.4 Å². The second-order valence-electron chi connectivity index (χ2n) is 5.47. The van der Waals surface area contributed by atoms with Gasteiger partial charge in [-0.1, -0.05) is 30.3 Å². The summed E-state index contributed by atoms with van der Waals surface area (Å²) in [5.41, 5.74) is 6.48. The molecule has 0 aliphatic carbocycles. The standard InChI is InChI=1S/C17H20N4O3/c1-12(2)21(10-13-6-4-3-5-7-13)14(22)11-24-17(23)15-16(18)20-9-8-19-15/h3-9,12H,10-11H2,1-2H3,(H2,18,20). The highest BCUT2D eigenvalue weighted by molar-refractivity contribution is 5.93. The molecule has 0 aliphatic heterocycles. The van der Waals surface area contributed by atoms with Crippen molar-refractivity contribution in [3.63, 3.8) is 0 Å². The number of nitrogen functional groups attached to an aromatic ring is 1. The maximum absolute atomic E-state index is 12.4. The lowest BCUT2D eigenvalue weighted by Gasteiger charge is -2.26. The number of anilines is 1. The molecule has 0 aliphatic rings. The molecule has 1 aromatic heterocycles. The first-order chi connectivity index (χ1) is 11.5. The van der Waals surface area contributed by atoms with E-state index in [9.17, 15) is 9.59 Å². The molecule has 0 atom stereocenters. The molecule has 126 valence electrons. The van der Waals surface area contributed by atoms with Gasteiger partial charge in [0, 0.05) is 25.0 Å². The predicted molar refractivity (Wildman–Crippen MR) is 88.9 cm³/mol. The Morgan fingerprint density at radius 3 is 2.46 bits per heavy atom. The van der Waals surface area contributed by atoms with Crippen LogP contribution >= 0.6 is 0 Å². The van der Waals surface area contributed by atoms with Crippen LogP contribution in [0.2, 0.25) is 0 Å². The molecular weight excluding hydrogens is 308 g/mol. The molecule has 0 saturated heterocycles. The number of nitrogens with zero attached hydrogens (tertiary/aromatic N) is 3. The van der Waals surface area contributed by atoms with Crippen LogP contribution in [0.5, 0.6) is 0 Å². The van der Waals surface area contributed by atoms with Gasteiger partial charge in [0.15, 0.2) is 18.1 Å². The fourth-order valence-corrected chi connectivity index (χ4v) is 2.12. The monoisotopic (exact) mass is 328 g/mol. The molecule has 2 N–H and O–H groups in total. The van der Waals surface area contributed by atoms with Gasteiger partial charge in [-0.2, -0.15) is 0 Å². The lowest BCUT2D eigenvalue weighted by molar-refractivity contribution is -0.136. The molecule has 1 amide bonds. The highest BCUT2D eigenvalue weighted by Crippen LogP contribution is 2.10. The van der Waals surface area contributed by atoms with Crippen molar-refractivity contribution in [1.82, 2.24) is 14.9 Å². The molecule has 0 saturated carbocycles. The number of hydrogen-bond donors (Lipinski definition) is 1. The number of esters is 1. The SMILES string of the molecule is CC(C)N(Cc1ccccc1)C(=O)COC(=O)c1nccnc1N. The first kappa shape index (κ1) is 17.4. The van der Waals surface area contributed by atoms with Crippen molar-refractivity contribution in [3.8, 4) is 0 Å². The minimum Gasteiger partial charge on any atom is -0.451 e. The molecule has 1 heterocycles. The number of amides is 1. The van der Waals surface area contributed by atoms with E-state index in [1.807, 2.05) is 44.2 Å². The van der Waals surface area contributed by atoms with Gasteiger partial charge in [-0.3, -0.25) is 4.79 Å². The van der Waals surface area contributed by atoms with Gasteiger partial charge in [0.1, 0.15) is 0 Å². The summed E-state index contributed by atoms with van der Waals surface area (Å²) in [7, 11) is 0. The van der Waals surface area contributed by atoms with E-state index in [2.05, 4.69) is 9.97 Å². The Balaban J connectivity index is 1.98. The van der Waals surface area contributed by atoms with Crippen molar-refractivity contribution in [1.29, 1.82) is 0 Å². The lowest BCUT2D eigenvalue weighted by atomic mass is 10.2.